The normalized spacial score (nSPS) is 34.2. The molecule has 0 aliphatic carbocycles. The zero-order chi connectivity index (χ0) is 11.9. The molecule has 5 heteroatoms. The SMILES string of the molecule is CCC(=O)N1C2CCC1CC(C(F)(F)F)C2. The van der Waals surface area contributed by atoms with Crippen molar-refractivity contribution in [3.8, 4) is 0 Å². The van der Waals surface area contributed by atoms with E-state index in [0.717, 1.165) is 12.8 Å². The van der Waals surface area contributed by atoms with Gasteiger partial charge in [-0.2, -0.15) is 13.2 Å². The van der Waals surface area contributed by atoms with Crippen molar-refractivity contribution in [1.29, 1.82) is 0 Å². The van der Waals surface area contributed by atoms with Crippen molar-refractivity contribution in [3.05, 3.63) is 0 Å². The third kappa shape index (κ3) is 1.92. The Kier molecular flexibility index (Phi) is 2.88. The smallest absolute Gasteiger partial charge is 0.337 e. The van der Waals surface area contributed by atoms with Crippen LogP contribution in [0.25, 0.3) is 0 Å². The fourth-order valence-corrected chi connectivity index (χ4v) is 3.03. The fourth-order valence-electron chi connectivity index (χ4n) is 3.03. The summed E-state index contributed by atoms with van der Waals surface area (Å²) in [6.45, 7) is 1.76. The molecule has 1 amide bonds. The van der Waals surface area contributed by atoms with Gasteiger partial charge < -0.3 is 4.90 Å². The Morgan fingerprint density at radius 1 is 1.25 bits per heavy atom. The van der Waals surface area contributed by atoms with Gasteiger partial charge in [0.25, 0.3) is 0 Å². The second-order valence-corrected chi connectivity index (χ2v) is 4.75. The summed E-state index contributed by atoms with van der Waals surface area (Å²) in [5.41, 5.74) is 0. The number of hydrogen-bond donors (Lipinski definition) is 0. The molecule has 0 aromatic carbocycles. The summed E-state index contributed by atoms with van der Waals surface area (Å²) < 4.78 is 37.9. The Bertz CT molecular complexity index is 275. The van der Waals surface area contributed by atoms with E-state index >= 15 is 0 Å². The number of piperidine rings is 1. The van der Waals surface area contributed by atoms with Crippen LogP contribution in [-0.4, -0.2) is 29.1 Å². The second-order valence-electron chi connectivity index (χ2n) is 4.75. The number of alkyl halides is 3. The maximum absolute atomic E-state index is 12.6. The van der Waals surface area contributed by atoms with E-state index in [1.807, 2.05) is 0 Å². The summed E-state index contributed by atoms with van der Waals surface area (Å²) in [5, 5.41) is 0. The zero-order valence-corrected chi connectivity index (χ0v) is 9.26. The molecule has 2 fully saturated rings. The lowest BCUT2D eigenvalue weighted by Gasteiger charge is -2.39. The number of fused-ring (bicyclic) bond motifs is 2. The molecule has 0 radical (unpaired) electrons. The summed E-state index contributed by atoms with van der Waals surface area (Å²) >= 11 is 0. The Morgan fingerprint density at radius 3 is 2.12 bits per heavy atom. The van der Waals surface area contributed by atoms with Crippen molar-refractivity contribution in [2.24, 2.45) is 5.92 Å². The lowest BCUT2D eigenvalue weighted by molar-refractivity contribution is -0.192. The van der Waals surface area contributed by atoms with Crippen LogP contribution in [0, 0.1) is 5.92 Å². The van der Waals surface area contributed by atoms with Gasteiger partial charge in [-0.1, -0.05) is 6.92 Å². The monoisotopic (exact) mass is 235 g/mol. The zero-order valence-electron chi connectivity index (χ0n) is 9.26. The molecule has 2 unspecified atom stereocenters. The van der Waals surface area contributed by atoms with Gasteiger partial charge in [0.2, 0.25) is 5.91 Å². The van der Waals surface area contributed by atoms with Gasteiger partial charge in [0.05, 0.1) is 5.92 Å². The molecule has 2 atom stereocenters. The largest absolute Gasteiger partial charge is 0.391 e. The lowest BCUT2D eigenvalue weighted by atomic mass is 9.90. The molecule has 0 aromatic rings. The number of hydrogen-bond acceptors (Lipinski definition) is 1. The van der Waals surface area contributed by atoms with Crippen LogP contribution in [0.1, 0.15) is 39.0 Å². The molecular formula is C11H16F3NO. The predicted molar refractivity (Wildman–Crippen MR) is 52.7 cm³/mol. The van der Waals surface area contributed by atoms with Crippen LogP contribution in [0.2, 0.25) is 0 Å². The molecule has 2 saturated heterocycles. The van der Waals surface area contributed by atoms with Crippen molar-refractivity contribution in [3.63, 3.8) is 0 Å². The summed E-state index contributed by atoms with van der Waals surface area (Å²) in [6, 6.07) is -0.337. The van der Waals surface area contributed by atoms with E-state index in [1.54, 1.807) is 11.8 Å². The molecule has 92 valence electrons. The molecule has 2 heterocycles. The summed E-state index contributed by atoms with van der Waals surface area (Å²) in [4.78, 5) is 13.3. The standard InChI is InChI=1S/C11H16F3NO/c1-2-10(16)15-8-3-4-9(15)6-7(5-8)11(12,13)14/h7-9H,2-6H2,1H3. The van der Waals surface area contributed by atoms with E-state index in [1.165, 1.54) is 0 Å². The maximum Gasteiger partial charge on any atom is 0.391 e. The number of rotatable bonds is 1. The van der Waals surface area contributed by atoms with Crippen molar-refractivity contribution >= 4 is 5.91 Å². The van der Waals surface area contributed by atoms with Crippen LogP contribution in [-0.2, 0) is 4.79 Å². The van der Waals surface area contributed by atoms with Crippen LogP contribution in [0.5, 0.6) is 0 Å². The summed E-state index contributed by atoms with van der Waals surface area (Å²) in [7, 11) is 0. The lowest BCUT2D eigenvalue weighted by Crippen LogP contribution is -2.49. The van der Waals surface area contributed by atoms with Gasteiger partial charge in [-0.15, -0.1) is 0 Å². The number of halogens is 3. The van der Waals surface area contributed by atoms with Gasteiger partial charge in [0, 0.05) is 18.5 Å². The average Bonchev–Trinajstić information content (AvgIpc) is 2.46. The van der Waals surface area contributed by atoms with E-state index in [9.17, 15) is 18.0 Å². The first-order valence-corrected chi connectivity index (χ1v) is 5.81. The molecule has 0 N–H and O–H groups in total. The van der Waals surface area contributed by atoms with Crippen LogP contribution >= 0.6 is 0 Å². The molecule has 2 aliphatic rings. The molecular weight excluding hydrogens is 219 g/mol. The Morgan fingerprint density at radius 2 is 1.75 bits per heavy atom. The van der Waals surface area contributed by atoms with E-state index in [4.69, 9.17) is 0 Å². The van der Waals surface area contributed by atoms with Gasteiger partial charge in [-0.25, -0.2) is 0 Å². The van der Waals surface area contributed by atoms with Gasteiger partial charge in [0.1, 0.15) is 0 Å². The average molecular weight is 235 g/mol. The van der Waals surface area contributed by atoms with Crippen LogP contribution < -0.4 is 0 Å². The number of carbonyl (C=O) groups is 1. The number of amides is 1. The van der Waals surface area contributed by atoms with Crippen molar-refractivity contribution < 1.29 is 18.0 Å². The van der Waals surface area contributed by atoms with E-state index in [2.05, 4.69) is 0 Å². The molecule has 0 aromatic heterocycles. The van der Waals surface area contributed by atoms with Gasteiger partial charge >= 0.3 is 6.18 Å². The first kappa shape index (κ1) is 11.7. The Labute approximate surface area is 92.8 Å². The summed E-state index contributed by atoms with van der Waals surface area (Å²) in [6.07, 6.45) is -2.02. The highest BCUT2D eigenvalue weighted by atomic mass is 19.4. The van der Waals surface area contributed by atoms with Crippen molar-refractivity contribution in [2.75, 3.05) is 0 Å². The van der Waals surface area contributed by atoms with Crippen molar-refractivity contribution in [2.45, 2.75) is 57.3 Å². The van der Waals surface area contributed by atoms with Crippen molar-refractivity contribution in [1.82, 2.24) is 4.90 Å². The molecule has 0 saturated carbocycles. The first-order chi connectivity index (χ1) is 7.43. The third-order valence-corrected chi connectivity index (χ3v) is 3.79. The van der Waals surface area contributed by atoms with Gasteiger partial charge in [0.15, 0.2) is 0 Å². The number of carbonyl (C=O) groups excluding carboxylic acids is 1. The summed E-state index contributed by atoms with van der Waals surface area (Å²) in [5.74, 6) is -1.20. The molecule has 2 nitrogen and oxygen atoms in total. The van der Waals surface area contributed by atoms with Crippen LogP contribution in [0.3, 0.4) is 0 Å². The fraction of sp³-hybridized carbons (Fsp3) is 0.909. The Balaban J connectivity index is 2.10. The third-order valence-electron chi connectivity index (χ3n) is 3.79. The maximum atomic E-state index is 12.6. The minimum atomic E-state index is -4.10. The molecule has 2 aliphatic heterocycles. The van der Waals surface area contributed by atoms with Crippen LogP contribution in [0.4, 0.5) is 13.2 Å². The highest BCUT2D eigenvalue weighted by Gasteiger charge is 2.51. The van der Waals surface area contributed by atoms with Gasteiger partial charge in [-0.05, 0) is 25.7 Å². The first-order valence-electron chi connectivity index (χ1n) is 5.81. The molecule has 0 spiro atoms. The second kappa shape index (κ2) is 3.93. The minimum absolute atomic E-state index is 0.00752. The minimum Gasteiger partial charge on any atom is -0.337 e. The quantitative estimate of drug-likeness (QED) is 0.684. The number of nitrogens with zero attached hydrogens (tertiary/aromatic N) is 1. The molecule has 2 rings (SSSR count). The molecule has 2 bridgehead atoms. The highest BCUT2D eigenvalue weighted by molar-refractivity contribution is 5.77. The topological polar surface area (TPSA) is 20.3 Å². The Hall–Kier alpha value is -0.740. The van der Waals surface area contributed by atoms with E-state index in [-0.39, 0.29) is 30.8 Å². The highest BCUT2D eigenvalue weighted by Crippen LogP contribution is 2.45. The predicted octanol–water partition coefficient (Wildman–Crippen LogP) is 2.73. The molecule has 16 heavy (non-hydrogen) atoms. The van der Waals surface area contributed by atoms with E-state index < -0.39 is 12.1 Å². The van der Waals surface area contributed by atoms with Crippen LogP contribution in [0.15, 0.2) is 0 Å². The van der Waals surface area contributed by atoms with Gasteiger partial charge in [-0.3, -0.25) is 4.79 Å². The van der Waals surface area contributed by atoms with E-state index in [0.29, 0.717) is 6.42 Å².